The Morgan fingerprint density at radius 2 is 1.10 bits per heavy atom. The molecule has 0 aliphatic rings. The molecule has 0 aromatic heterocycles. The van der Waals surface area contributed by atoms with Crippen molar-refractivity contribution in [3.63, 3.8) is 0 Å². The van der Waals surface area contributed by atoms with Gasteiger partial charge in [-0.2, -0.15) is 0 Å². The number of phenolic OH excluding ortho intramolecular Hbond substituents is 1. The molecule has 2 atom stereocenters. The molecule has 0 aliphatic carbocycles. The van der Waals surface area contributed by atoms with Crippen LogP contribution >= 0.6 is 0 Å². The molecule has 0 saturated heterocycles. The third-order valence-electron chi connectivity index (χ3n) is 6.22. The highest BCUT2D eigenvalue weighted by Crippen LogP contribution is 2.33. The molecule has 3 aromatic rings. The van der Waals surface area contributed by atoms with Crippen molar-refractivity contribution in [1.29, 1.82) is 0 Å². The van der Waals surface area contributed by atoms with E-state index >= 15 is 0 Å². The van der Waals surface area contributed by atoms with Crippen LogP contribution in [-0.4, -0.2) is 5.11 Å². The molecule has 1 N–H and O–H groups in total. The number of phenols is 1. The largest absolute Gasteiger partial charge is 0.508 e. The maximum Gasteiger partial charge on any atom is 0.119 e. The quantitative estimate of drug-likeness (QED) is 0.433. The second-order valence-electron chi connectivity index (χ2n) is 8.23. The summed E-state index contributed by atoms with van der Waals surface area (Å²) in [5.74, 6) is 1.22. The Kier molecular flexibility index (Phi) is 7.14. The molecule has 1 heteroatoms. The van der Waals surface area contributed by atoms with E-state index in [-0.39, 0.29) is 0 Å². The summed E-state index contributed by atoms with van der Waals surface area (Å²) in [6.07, 6.45) is 3.90. The van der Waals surface area contributed by atoms with Gasteiger partial charge in [0.25, 0.3) is 0 Å². The second kappa shape index (κ2) is 9.78. The summed E-state index contributed by atoms with van der Waals surface area (Å²) in [4.78, 5) is 0. The number of aryl methyl sites for hydroxylation is 2. The summed E-state index contributed by atoms with van der Waals surface area (Å²) >= 11 is 0. The van der Waals surface area contributed by atoms with Gasteiger partial charge in [-0.3, -0.25) is 0 Å². The van der Waals surface area contributed by atoms with Gasteiger partial charge in [-0.05, 0) is 77.0 Å². The molecule has 0 heterocycles. The summed E-state index contributed by atoms with van der Waals surface area (Å²) in [7, 11) is 0. The van der Waals surface area contributed by atoms with E-state index in [0.29, 0.717) is 17.6 Å². The lowest BCUT2D eigenvalue weighted by Gasteiger charge is -2.21. The van der Waals surface area contributed by atoms with Gasteiger partial charge in [-0.15, -0.1) is 0 Å². The summed E-state index contributed by atoms with van der Waals surface area (Å²) < 4.78 is 0. The average Bonchev–Trinajstić information content (AvgIpc) is 2.75. The van der Waals surface area contributed by atoms with Crippen LogP contribution in [-0.2, 0) is 25.7 Å². The molecule has 3 aromatic carbocycles. The van der Waals surface area contributed by atoms with Crippen LogP contribution < -0.4 is 0 Å². The molecule has 29 heavy (non-hydrogen) atoms. The Morgan fingerprint density at radius 1 is 0.621 bits per heavy atom. The monoisotopic (exact) mass is 386 g/mol. The summed E-state index contributed by atoms with van der Waals surface area (Å²) in [5, 5.41) is 10.7. The minimum atomic E-state index is 0.372. The van der Waals surface area contributed by atoms with Gasteiger partial charge in [0.05, 0.1) is 0 Å². The molecule has 0 fully saturated rings. The molecule has 0 spiro atoms. The van der Waals surface area contributed by atoms with Crippen LogP contribution in [0.25, 0.3) is 0 Å². The van der Waals surface area contributed by atoms with Gasteiger partial charge in [-0.1, -0.05) is 88.4 Å². The smallest absolute Gasteiger partial charge is 0.119 e. The van der Waals surface area contributed by atoms with Gasteiger partial charge in [0, 0.05) is 0 Å². The van der Waals surface area contributed by atoms with Gasteiger partial charge >= 0.3 is 0 Å². The molecule has 0 aliphatic heterocycles. The zero-order chi connectivity index (χ0) is 20.8. The van der Waals surface area contributed by atoms with Crippen LogP contribution in [0, 0.1) is 0 Å². The average molecular weight is 387 g/mol. The zero-order valence-electron chi connectivity index (χ0n) is 18.3. The van der Waals surface area contributed by atoms with Crippen molar-refractivity contribution in [2.75, 3.05) is 0 Å². The highest BCUT2D eigenvalue weighted by Gasteiger charge is 2.18. The van der Waals surface area contributed by atoms with Crippen molar-refractivity contribution in [1.82, 2.24) is 0 Å². The lowest BCUT2D eigenvalue weighted by molar-refractivity contribution is 0.464. The lowest BCUT2D eigenvalue weighted by Crippen LogP contribution is -2.08. The molecular weight excluding hydrogens is 352 g/mol. The van der Waals surface area contributed by atoms with Crippen molar-refractivity contribution in [2.24, 2.45) is 0 Å². The van der Waals surface area contributed by atoms with Gasteiger partial charge in [0.1, 0.15) is 5.75 Å². The highest BCUT2D eigenvalue weighted by molar-refractivity contribution is 5.43. The number of hydrogen-bond acceptors (Lipinski definition) is 1. The normalized spacial score (nSPS) is 13.2. The molecule has 0 saturated carbocycles. The number of rotatable bonds is 8. The Morgan fingerprint density at radius 3 is 1.66 bits per heavy atom. The molecule has 3 rings (SSSR count). The van der Waals surface area contributed by atoms with Gasteiger partial charge in [0.2, 0.25) is 0 Å². The van der Waals surface area contributed by atoms with Crippen LogP contribution in [0.15, 0.2) is 66.7 Å². The van der Waals surface area contributed by atoms with Crippen molar-refractivity contribution in [2.45, 2.75) is 65.2 Å². The molecule has 2 unspecified atom stereocenters. The first kappa shape index (κ1) is 21.2. The summed E-state index contributed by atoms with van der Waals surface area (Å²) in [5.41, 5.74) is 8.02. The van der Waals surface area contributed by atoms with E-state index in [0.717, 1.165) is 31.2 Å². The third kappa shape index (κ3) is 4.90. The van der Waals surface area contributed by atoms with Crippen molar-refractivity contribution < 1.29 is 5.11 Å². The third-order valence-corrected chi connectivity index (χ3v) is 6.22. The van der Waals surface area contributed by atoms with E-state index in [1.54, 1.807) is 0 Å². The summed E-state index contributed by atoms with van der Waals surface area (Å²) in [6, 6.07) is 23.5. The lowest BCUT2D eigenvalue weighted by atomic mass is 9.84. The second-order valence-corrected chi connectivity index (χ2v) is 8.23. The molecule has 1 nitrogen and oxygen atoms in total. The molecule has 0 bridgehead atoms. The first-order chi connectivity index (χ1) is 14.0. The van der Waals surface area contributed by atoms with Gasteiger partial charge in [0.15, 0.2) is 0 Å². The van der Waals surface area contributed by atoms with Crippen LogP contribution in [0.1, 0.15) is 72.9 Å². The first-order valence-corrected chi connectivity index (χ1v) is 11.0. The maximum absolute atomic E-state index is 10.7. The van der Waals surface area contributed by atoms with E-state index in [1.807, 2.05) is 12.1 Å². The predicted octanol–water partition coefficient (Wildman–Crippen LogP) is 7.21. The standard InChI is InChI=1S/C28H34O/c1-5-22-12-7-9-15-25(22)20(3)18-24-14-11-17-28(29)27(24)19-21(4)26-16-10-8-13-23(26)6-2/h7-17,20-21,29H,5-6,18-19H2,1-4H3. The predicted molar refractivity (Wildman–Crippen MR) is 124 cm³/mol. The topological polar surface area (TPSA) is 20.2 Å². The first-order valence-electron chi connectivity index (χ1n) is 11.0. The van der Waals surface area contributed by atoms with E-state index in [1.165, 1.54) is 27.8 Å². The molecule has 0 radical (unpaired) electrons. The fourth-order valence-electron chi connectivity index (χ4n) is 4.58. The Bertz CT molecular complexity index is 941. The van der Waals surface area contributed by atoms with Crippen molar-refractivity contribution in [3.05, 3.63) is 100 Å². The van der Waals surface area contributed by atoms with Crippen LogP contribution in [0.5, 0.6) is 5.75 Å². The zero-order valence-corrected chi connectivity index (χ0v) is 18.3. The Labute approximate surface area is 176 Å². The fourth-order valence-corrected chi connectivity index (χ4v) is 4.58. The number of aromatic hydroxyl groups is 1. The molecule has 152 valence electrons. The minimum Gasteiger partial charge on any atom is -0.508 e. The number of benzene rings is 3. The number of hydrogen-bond donors (Lipinski definition) is 1. The van der Waals surface area contributed by atoms with E-state index < -0.39 is 0 Å². The highest BCUT2D eigenvalue weighted by atomic mass is 16.3. The van der Waals surface area contributed by atoms with Crippen LogP contribution in [0.2, 0.25) is 0 Å². The summed E-state index contributed by atoms with van der Waals surface area (Å²) in [6.45, 7) is 9.01. The van der Waals surface area contributed by atoms with E-state index in [2.05, 4.69) is 82.3 Å². The molecule has 0 amide bonds. The maximum atomic E-state index is 10.7. The Balaban J connectivity index is 1.87. The molecular formula is C28H34O. The van der Waals surface area contributed by atoms with E-state index in [9.17, 15) is 5.11 Å². The van der Waals surface area contributed by atoms with Crippen LogP contribution in [0.4, 0.5) is 0 Å². The minimum absolute atomic E-state index is 0.372. The SMILES string of the molecule is CCc1ccccc1C(C)Cc1cccc(O)c1CC(C)c1ccccc1CC. The van der Waals surface area contributed by atoms with E-state index in [4.69, 9.17) is 0 Å². The van der Waals surface area contributed by atoms with Crippen molar-refractivity contribution in [3.8, 4) is 5.75 Å². The fraction of sp³-hybridized carbons (Fsp3) is 0.357. The Hall–Kier alpha value is -2.54. The van der Waals surface area contributed by atoms with Gasteiger partial charge < -0.3 is 5.11 Å². The van der Waals surface area contributed by atoms with Crippen molar-refractivity contribution >= 4 is 0 Å². The van der Waals surface area contributed by atoms with Gasteiger partial charge in [-0.25, -0.2) is 0 Å². The van der Waals surface area contributed by atoms with Crippen LogP contribution in [0.3, 0.4) is 0 Å².